The first-order valence-corrected chi connectivity index (χ1v) is 8.33. The van der Waals surface area contributed by atoms with Crippen LogP contribution in [0.15, 0.2) is 40.0 Å². The SMILES string of the molecule is Cc1cc(C)c(NS(=O)(=O)c2cnccc2NN)c(Br)c1. The summed E-state index contributed by atoms with van der Waals surface area (Å²) in [5.74, 6) is 5.34. The van der Waals surface area contributed by atoms with Gasteiger partial charge in [-0.2, -0.15) is 0 Å². The number of hydrogen-bond donors (Lipinski definition) is 3. The summed E-state index contributed by atoms with van der Waals surface area (Å²) in [4.78, 5) is 3.82. The quantitative estimate of drug-likeness (QED) is 0.567. The van der Waals surface area contributed by atoms with Gasteiger partial charge >= 0.3 is 0 Å². The van der Waals surface area contributed by atoms with Crippen LogP contribution in [0.5, 0.6) is 0 Å². The van der Waals surface area contributed by atoms with Gasteiger partial charge in [-0.25, -0.2) is 8.42 Å². The highest BCUT2D eigenvalue weighted by atomic mass is 79.9. The summed E-state index contributed by atoms with van der Waals surface area (Å²) in [7, 11) is -3.80. The maximum absolute atomic E-state index is 12.5. The molecule has 2 rings (SSSR count). The molecular weight excluding hydrogens is 356 g/mol. The van der Waals surface area contributed by atoms with Crippen molar-refractivity contribution in [1.29, 1.82) is 0 Å². The van der Waals surface area contributed by atoms with Gasteiger partial charge in [-0.15, -0.1) is 0 Å². The van der Waals surface area contributed by atoms with Crippen LogP contribution in [-0.4, -0.2) is 13.4 Å². The predicted octanol–water partition coefficient (Wildman–Crippen LogP) is 2.55. The van der Waals surface area contributed by atoms with E-state index in [4.69, 9.17) is 5.84 Å². The maximum Gasteiger partial charge on any atom is 0.265 e. The third-order valence-corrected chi connectivity index (χ3v) is 4.90. The molecule has 0 spiro atoms. The van der Waals surface area contributed by atoms with Gasteiger partial charge in [-0.05, 0) is 53.0 Å². The van der Waals surface area contributed by atoms with E-state index in [2.05, 4.69) is 31.1 Å². The van der Waals surface area contributed by atoms with E-state index < -0.39 is 10.0 Å². The molecule has 0 aliphatic heterocycles. The maximum atomic E-state index is 12.5. The topological polar surface area (TPSA) is 97.1 Å². The second kappa shape index (κ2) is 6.00. The standard InChI is InChI=1S/C13H15BrN4O2S/c1-8-5-9(2)13(10(14)6-8)18-21(19,20)12-7-16-4-3-11(12)17-15/h3-7,18H,15H2,1-2H3,(H,16,17). The molecule has 0 aliphatic carbocycles. The Hall–Kier alpha value is -1.64. The Bertz CT molecular complexity index is 754. The van der Waals surface area contributed by atoms with Gasteiger partial charge in [0.15, 0.2) is 0 Å². The number of benzene rings is 1. The zero-order valence-corrected chi connectivity index (χ0v) is 13.9. The molecule has 21 heavy (non-hydrogen) atoms. The highest BCUT2D eigenvalue weighted by Gasteiger charge is 2.20. The summed E-state index contributed by atoms with van der Waals surface area (Å²) in [6, 6.07) is 5.23. The molecule has 0 amide bonds. The lowest BCUT2D eigenvalue weighted by atomic mass is 10.1. The third kappa shape index (κ3) is 3.34. The van der Waals surface area contributed by atoms with Crippen molar-refractivity contribution in [3.8, 4) is 0 Å². The Morgan fingerprint density at radius 1 is 1.29 bits per heavy atom. The van der Waals surface area contributed by atoms with Crippen molar-refractivity contribution in [3.05, 3.63) is 46.2 Å². The smallest absolute Gasteiger partial charge is 0.265 e. The fourth-order valence-corrected chi connectivity index (χ4v) is 4.12. The van der Waals surface area contributed by atoms with Crippen LogP contribution in [0.1, 0.15) is 11.1 Å². The van der Waals surface area contributed by atoms with Crippen LogP contribution in [0.4, 0.5) is 11.4 Å². The summed E-state index contributed by atoms with van der Waals surface area (Å²) in [5, 5.41) is 0. The van der Waals surface area contributed by atoms with Crippen LogP contribution < -0.4 is 16.0 Å². The lowest BCUT2D eigenvalue weighted by Crippen LogP contribution is -2.18. The summed E-state index contributed by atoms with van der Waals surface area (Å²) in [5.41, 5.74) is 4.98. The van der Waals surface area contributed by atoms with Crippen LogP contribution >= 0.6 is 15.9 Å². The molecule has 0 saturated carbocycles. The largest absolute Gasteiger partial charge is 0.323 e. The van der Waals surface area contributed by atoms with Crippen molar-refractivity contribution in [3.63, 3.8) is 0 Å². The van der Waals surface area contributed by atoms with Gasteiger partial charge in [0.2, 0.25) is 0 Å². The molecule has 112 valence electrons. The molecule has 0 aliphatic rings. The van der Waals surface area contributed by atoms with Gasteiger partial charge < -0.3 is 5.43 Å². The number of halogens is 1. The summed E-state index contributed by atoms with van der Waals surface area (Å²) < 4.78 is 28.2. The van der Waals surface area contributed by atoms with Gasteiger partial charge in [-0.3, -0.25) is 15.5 Å². The summed E-state index contributed by atoms with van der Waals surface area (Å²) in [6.45, 7) is 3.77. The number of nitrogens with zero attached hydrogens (tertiary/aromatic N) is 1. The highest BCUT2D eigenvalue weighted by Crippen LogP contribution is 2.31. The van der Waals surface area contributed by atoms with Crippen molar-refractivity contribution < 1.29 is 8.42 Å². The molecule has 0 atom stereocenters. The van der Waals surface area contributed by atoms with Crippen molar-refractivity contribution in [2.75, 3.05) is 10.1 Å². The average Bonchev–Trinajstić information content (AvgIpc) is 2.43. The van der Waals surface area contributed by atoms with Gasteiger partial charge in [0, 0.05) is 16.9 Å². The van der Waals surface area contributed by atoms with Crippen molar-refractivity contribution in [1.82, 2.24) is 4.98 Å². The monoisotopic (exact) mass is 370 g/mol. The zero-order chi connectivity index (χ0) is 15.6. The molecule has 1 aromatic carbocycles. The average molecular weight is 371 g/mol. The zero-order valence-electron chi connectivity index (χ0n) is 11.5. The number of nitrogens with one attached hydrogen (secondary N) is 2. The van der Waals surface area contributed by atoms with E-state index in [1.54, 1.807) is 0 Å². The number of nitrogens with two attached hydrogens (primary N) is 1. The third-order valence-electron chi connectivity index (χ3n) is 2.90. The van der Waals surface area contributed by atoms with Gasteiger partial charge in [0.05, 0.1) is 11.4 Å². The van der Waals surface area contributed by atoms with Crippen LogP contribution in [0.2, 0.25) is 0 Å². The minimum Gasteiger partial charge on any atom is -0.323 e. The van der Waals surface area contributed by atoms with E-state index >= 15 is 0 Å². The number of aromatic nitrogens is 1. The Morgan fingerprint density at radius 3 is 2.62 bits per heavy atom. The number of nitrogen functional groups attached to an aromatic ring is 1. The molecule has 0 unspecified atom stereocenters. The minimum atomic E-state index is -3.80. The Balaban J connectivity index is 2.48. The fourth-order valence-electron chi connectivity index (χ4n) is 1.95. The number of rotatable bonds is 4. The number of pyridine rings is 1. The highest BCUT2D eigenvalue weighted by molar-refractivity contribution is 9.10. The van der Waals surface area contributed by atoms with Crippen LogP contribution in [0.25, 0.3) is 0 Å². The molecule has 1 heterocycles. The second-order valence-electron chi connectivity index (χ2n) is 4.56. The first kappa shape index (κ1) is 15.7. The minimum absolute atomic E-state index is 0.0145. The first-order valence-electron chi connectivity index (χ1n) is 6.05. The lowest BCUT2D eigenvalue weighted by Gasteiger charge is -2.15. The predicted molar refractivity (Wildman–Crippen MR) is 86.5 cm³/mol. The van der Waals surface area contributed by atoms with E-state index in [0.717, 1.165) is 11.1 Å². The van der Waals surface area contributed by atoms with E-state index in [0.29, 0.717) is 10.2 Å². The van der Waals surface area contributed by atoms with E-state index in [9.17, 15) is 8.42 Å². The molecule has 0 saturated heterocycles. The van der Waals surface area contributed by atoms with Crippen LogP contribution in [-0.2, 0) is 10.0 Å². The fraction of sp³-hybridized carbons (Fsp3) is 0.154. The number of sulfonamides is 1. The molecule has 4 N–H and O–H groups in total. The molecule has 0 bridgehead atoms. The molecular formula is C13H15BrN4O2S. The number of aryl methyl sites for hydroxylation is 2. The van der Waals surface area contributed by atoms with Crippen LogP contribution in [0, 0.1) is 13.8 Å². The number of hydrazine groups is 1. The first-order chi connectivity index (χ1) is 9.85. The van der Waals surface area contributed by atoms with Crippen LogP contribution in [0.3, 0.4) is 0 Å². The molecule has 6 nitrogen and oxygen atoms in total. The molecule has 0 fully saturated rings. The second-order valence-corrected chi connectivity index (χ2v) is 7.07. The normalized spacial score (nSPS) is 11.2. The molecule has 1 aromatic heterocycles. The van der Waals surface area contributed by atoms with Gasteiger partial charge in [-0.1, -0.05) is 6.07 Å². The van der Waals surface area contributed by atoms with Crippen molar-refractivity contribution >= 4 is 37.3 Å². The summed E-state index contributed by atoms with van der Waals surface area (Å²) >= 11 is 3.38. The van der Waals surface area contributed by atoms with E-state index in [-0.39, 0.29) is 10.6 Å². The van der Waals surface area contributed by atoms with E-state index in [1.807, 2.05) is 26.0 Å². The number of anilines is 2. The Kier molecular flexibility index (Phi) is 4.50. The lowest BCUT2D eigenvalue weighted by molar-refractivity contribution is 0.601. The Labute approximate surface area is 131 Å². The van der Waals surface area contributed by atoms with Crippen molar-refractivity contribution in [2.45, 2.75) is 18.7 Å². The summed E-state index contributed by atoms with van der Waals surface area (Å²) in [6.07, 6.45) is 2.70. The Morgan fingerprint density at radius 2 is 2.00 bits per heavy atom. The molecule has 0 radical (unpaired) electrons. The van der Waals surface area contributed by atoms with E-state index in [1.165, 1.54) is 18.5 Å². The molecule has 8 heteroatoms. The van der Waals surface area contributed by atoms with Gasteiger partial charge in [0.1, 0.15) is 4.90 Å². The number of hydrogen-bond acceptors (Lipinski definition) is 5. The molecule has 2 aromatic rings. The van der Waals surface area contributed by atoms with Crippen molar-refractivity contribution in [2.24, 2.45) is 5.84 Å². The van der Waals surface area contributed by atoms with Gasteiger partial charge in [0.25, 0.3) is 10.0 Å².